The number of likely N-dealkylation sites (tertiary alicyclic amines) is 2. The van der Waals surface area contributed by atoms with Gasteiger partial charge >= 0.3 is 0 Å². The Morgan fingerprint density at radius 1 is 1.05 bits per heavy atom. The Morgan fingerprint density at radius 3 is 2.29 bits per heavy atom. The highest BCUT2D eigenvalue weighted by Crippen LogP contribution is 2.24. The number of rotatable bonds is 2. The van der Waals surface area contributed by atoms with Gasteiger partial charge in [-0.15, -0.1) is 11.3 Å². The molecule has 114 valence electrons. The predicted molar refractivity (Wildman–Crippen MR) is 83.5 cm³/mol. The van der Waals surface area contributed by atoms with Crippen LogP contribution in [0.2, 0.25) is 0 Å². The van der Waals surface area contributed by atoms with Crippen LogP contribution < -0.4 is 0 Å². The van der Waals surface area contributed by atoms with Gasteiger partial charge in [-0.2, -0.15) is 0 Å². The molecule has 3 rings (SSSR count). The van der Waals surface area contributed by atoms with Gasteiger partial charge in [0.05, 0.1) is 4.88 Å². The number of carbonyl (C=O) groups is 2. The molecule has 1 aromatic rings. The number of hydrogen-bond acceptors (Lipinski definition) is 3. The molecule has 0 aliphatic carbocycles. The van der Waals surface area contributed by atoms with Gasteiger partial charge in [0.15, 0.2) is 0 Å². The van der Waals surface area contributed by atoms with Crippen LogP contribution in [0.15, 0.2) is 12.1 Å². The van der Waals surface area contributed by atoms with E-state index in [0.717, 1.165) is 48.5 Å². The van der Waals surface area contributed by atoms with Crippen molar-refractivity contribution in [3.05, 3.63) is 21.9 Å². The lowest BCUT2D eigenvalue weighted by Crippen LogP contribution is -2.43. The quantitative estimate of drug-likeness (QED) is 0.842. The van der Waals surface area contributed by atoms with Gasteiger partial charge in [-0.3, -0.25) is 9.59 Å². The van der Waals surface area contributed by atoms with E-state index in [-0.39, 0.29) is 11.8 Å². The number of amides is 2. The topological polar surface area (TPSA) is 40.6 Å². The van der Waals surface area contributed by atoms with E-state index in [9.17, 15) is 9.59 Å². The van der Waals surface area contributed by atoms with E-state index in [4.69, 9.17) is 0 Å². The predicted octanol–water partition coefficient (Wildman–Crippen LogP) is 2.53. The van der Waals surface area contributed by atoms with E-state index in [1.54, 1.807) is 11.3 Å². The van der Waals surface area contributed by atoms with Gasteiger partial charge in [-0.1, -0.05) is 0 Å². The van der Waals surface area contributed by atoms with E-state index in [2.05, 4.69) is 0 Å². The lowest BCUT2D eigenvalue weighted by molar-refractivity contribution is -0.135. The molecule has 0 spiro atoms. The first-order valence-corrected chi connectivity index (χ1v) is 8.61. The van der Waals surface area contributed by atoms with Crippen LogP contribution in [0.4, 0.5) is 0 Å². The molecule has 1 aromatic heterocycles. The van der Waals surface area contributed by atoms with Gasteiger partial charge in [0.2, 0.25) is 5.91 Å². The van der Waals surface area contributed by atoms with E-state index in [1.807, 2.05) is 28.9 Å². The number of hydrogen-bond donors (Lipinski definition) is 0. The minimum Gasteiger partial charge on any atom is -0.342 e. The summed E-state index contributed by atoms with van der Waals surface area (Å²) in [7, 11) is 0. The Morgan fingerprint density at radius 2 is 1.71 bits per heavy atom. The first-order chi connectivity index (χ1) is 10.1. The first-order valence-electron chi connectivity index (χ1n) is 7.79. The van der Waals surface area contributed by atoms with Crippen molar-refractivity contribution >= 4 is 23.2 Å². The maximum absolute atomic E-state index is 12.4. The second kappa shape index (κ2) is 6.18. The van der Waals surface area contributed by atoms with Crippen LogP contribution in [0.3, 0.4) is 0 Å². The van der Waals surface area contributed by atoms with Gasteiger partial charge in [0.1, 0.15) is 0 Å². The monoisotopic (exact) mass is 306 g/mol. The Balaban J connectivity index is 1.55. The summed E-state index contributed by atoms with van der Waals surface area (Å²) in [5.74, 6) is 0.559. The van der Waals surface area contributed by atoms with Gasteiger partial charge in [0.25, 0.3) is 5.91 Å². The Kier molecular flexibility index (Phi) is 4.29. The highest BCUT2D eigenvalue weighted by atomic mass is 32.1. The fraction of sp³-hybridized carbons (Fsp3) is 0.625. The second-order valence-corrected chi connectivity index (χ2v) is 7.30. The molecule has 0 atom stereocenters. The fourth-order valence-corrected chi connectivity index (χ4v) is 4.07. The highest BCUT2D eigenvalue weighted by molar-refractivity contribution is 7.13. The average Bonchev–Trinajstić information content (AvgIpc) is 3.17. The zero-order chi connectivity index (χ0) is 14.8. The van der Waals surface area contributed by atoms with Crippen LogP contribution in [0.1, 0.15) is 40.2 Å². The number of carbonyl (C=O) groups excluding carboxylic acids is 2. The molecule has 2 saturated heterocycles. The summed E-state index contributed by atoms with van der Waals surface area (Å²) in [6, 6.07) is 3.89. The van der Waals surface area contributed by atoms with Crippen molar-refractivity contribution in [3.8, 4) is 0 Å². The Bertz CT molecular complexity index is 526. The van der Waals surface area contributed by atoms with Crippen molar-refractivity contribution < 1.29 is 9.59 Å². The van der Waals surface area contributed by atoms with Crippen molar-refractivity contribution in [2.45, 2.75) is 32.6 Å². The van der Waals surface area contributed by atoms with Crippen molar-refractivity contribution in [2.24, 2.45) is 5.92 Å². The summed E-state index contributed by atoms with van der Waals surface area (Å²) in [5, 5.41) is 0. The number of thiophene rings is 1. The third-order valence-corrected chi connectivity index (χ3v) is 5.49. The molecule has 2 amide bonds. The van der Waals surface area contributed by atoms with Gasteiger partial charge in [0, 0.05) is 37.0 Å². The maximum atomic E-state index is 12.4. The smallest absolute Gasteiger partial charge is 0.263 e. The van der Waals surface area contributed by atoms with Gasteiger partial charge in [-0.25, -0.2) is 0 Å². The highest BCUT2D eigenvalue weighted by Gasteiger charge is 2.31. The third kappa shape index (κ3) is 3.12. The molecule has 0 aromatic carbocycles. The summed E-state index contributed by atoms with van der Waals surface area (Å²) < 4.78 is 0. The second-order valence-electron chi connectivity index (χ2n) is 6.01. The molecule has 2 aliphatic heterocycles. The van der Waals surface area contributed by atoms with Crippen LogP contribution in [0.25, 0.3) is 0 Å². The number of aryl methyl sites for hydroxylation is 1. The Hall–Kier alpha value is -1.36. The van der Waals surface area contributed by atoms with E-state index in [1.165, 1.54) is 0 Å². The summed E-state index contributed by atoms with van der Waals surface area (Å²) in [6.07, 6.45) is 3.90. The van der Waals surface area contributed by atoms with Crippen molar-refractivity contribution in [1.29, 1.82) is 0 Å². The zero-order valence-electron chi connectivity index (χ0n) is 12.5. The molecule has 0 radical (unpaired) electrons. The lowest BCUT2D eigenvalue weighted by Gasteiger charge is -2.33. The maximum Gasteiger partial charge on any atom is 0.263 e. The van der Waals surface area contributed by atoms with Crippen LogP contribution in [0, 0.1) is 12.8 Å². The van der Waals surface area contributed by atoms with Crippen molar-refractivity contribution in [3.63, 3.8) is 0 Å². The molecular weight excluding hydrogens is 284 g/mol. The molecule has 5 heteroatoms. The molecule has 0 saturated carbocycles. The van der Waals surface area contributed by atoms with Gasteiger partial charge < -0.3 is 9.80 Å². The first kappa shape index (κ1) is 14.6. The molecule has 2 fully saturated rings. The molecular formula is C16H22N2O2S. The minimum atomic E-state index is 0.122. The molecule has 21 heavy (non-hydrogen) atoms. The molecule has 0 unspecified atom stereocenters. The number of piperidine rings is 1. The van der Waals surface area contributed by atoms with Crippen molar-refractivity contribution in [2.75, 3.05) is 26.2 Å². The molecule has 4 nitrogen and oxygen atoms in total. The summed E-state index contributed by atoms with van der Waals surface area (Å²) in [4.78, 5) is 30.6. The van der Waals surface area contributed by atoms with Crippen LogP contribution in [0.5, 0.6) is 0 Å². The molecule has 2 aliphatic rings. The summed E-state index contributed by atoms with van der Waals surface area (Å²) in [5.41, 5.74) is 0. The van der Waals surface area contributed by atoms with Crippen molar-refractivity contribution in [1.82, 2.24) is 9.80 Å². The van der Waals surface area contributed by atoms with E-state index in [0.29, 0.717) is 19.0 Å². The largest absolute Gasteiger partial charge is 0.342 e. The third-order valence-electron chi connectivity index (χ3n) is 4.50. The van der Waals surface area contributed by atoms with E-state index >= 15 is 0 Å². The Labute approximate surface area is 129 Å². The SMILES string of the molecule is Cc1ccc(C(=O)N2CCC(C(=O)N3CCCC3)CC2)s1. The van der Waals surface area contributed by atoms with E-state index < -0.39 is 0 Å². The standard InChI is InChI=1S/C16H22N2O2S/c1-12-4-5-14(21-12)16(20)18-10-6-13(7-11-18)15(19)17-8-2-3-9-17/h4-5,13H,2-3,6-11H2,1H3. The van der Waals surface area contributed by atoms with Crippen LogP contribution in [-0.4, -0.2) is 47.8 Å². The zero-order valence-corrected chi connectivity index (χ0v) is 13.3. The number of nitrogens with zero attached hydrogens (tertiary/aromatic N) is 2. The molecule has 0 N–H and O–H groups in total. The lowest BCUT2D eigenvalue weighted by atomic mass is 9.95. The molecule has 0 bridgehead atoms. The minimum absolute atomic E-state index is 0.122. The normalized spacial score (nSPS) is 20.0. The van der Waals surface area contributed by atoms with Gasteiger partial charge in [-0.05, 0) is 44.7 Å². The fourth-order valence-electron chi connectivity index (χ4n) is 3.23. The molecule has 3 heterocycles. The van der Waals surface area contributed by atoms with Crippen LogP contribution >= 0.6 is 11.3 Å². The van der Waals surface area contributed by atoms with Crippen LogP contribution in [-0.2, 0) is 4.79 Å². The summed E-state index contributed by atoms with van der Waals surface area (Å²) in [6.45, 7) is 5.28. The summed E-state index contributed by atoms with van der Waals surface area (Å²) >= 11 is 1.55. The average molecular weight is 306 g/mol.